The highest BCUT2D eigenvalue weighted by molar-refractivity contribution is 7.99. The van der Waals surface area contributed by atoms with E-state index in [1.807, 2.05) is 18.2 Å². The molecule has 0 saturated carbocycles. The first-order valence-electron chi connectivity index (χ1n) is 8.26. The number of nitrogens with one attached hydrogen (secondary N) is 2. The number of H-pyrrole nitrogens is 1. The Hall–Kier alpha value is -2.65. The first kappa shape index (κ1) is 19.1. The van der Waals surface area contributed by atoms with Crippen molar-refractivity contribution >= 4 is 50.8 Å². The molecule has 4 N–H and O–H groups in total. The molecule has 0 radical (unpaired) electrons. The maximum Gasteiger partial charge on any atom is 0.266 e. The number of carbonyl (C=O) groups excluding carboxylic acids is 2. The number of fused-ring (bicyclic) bond motifs is 1. The molecule has 0 aliphatic rings. The van der Waals surface area contributed by atoms with E-state index >= 15 is 0 Å². The van der Waals surface area contributed by atoms with Gasteiger partial charge in [-0.3, -0.25) is 14.4 Å². The molecule has 0 aliphatic heterocycles. The number of amides is 2. The van der Waals surface area contributed by atoms with Crippen LogP contribution in [0.3, 0.4) is 0 Å². The summed E-state index contributed by atoms with van der Waals surface area (Å²) in [5, 5.41) is 3.73. The highest BCUT2D eigenvalue weighted by atomic mass is 32.2. The molecule has 0 spiro atoms. The van der Waals surface area contributed by atoms with Crippen LogP contribution >= 0.6 is 23.1 Å². The predicted octanol–water partition coefficient (Wildman–Crippen LogP) is 2.90. The largest absolute Gasteiger partial charge is 0.370 e. The van der Waals surface area contributed by atoms with Gasteiger partial charge in [0.15, 0.2) is 5.16 Å². The van der Waals surface area contributed by atoms with Gasteiger partial charge in [-0.05, 0) is 31.0 Å². The van der Waals surface area contributed by atoms with Gasteiger partial charge in [-0.15, -0.1) is 11.3 Å². The number of anilines is 1. The third kappa shape index (κ3) is 4.55. The number of nitrogens with two attached hydrogens (primary N) is 1. The average molecular weight is 403 g/mol. The summed E-state index contributed by atoms with van der Waals surface area (Å²) in [7, 11) is 0. The topological polar surface area (TPSA) is 118 Å². The van der Waals surface area contributed by atoms with Gasteiger partial charge in [-0.1, -0.05) is 30.0 Å². The first-order valence-corrected chi connectivity index (χ1v) is 10.1. The summed E-state index contributed by atoms with van der Waals surface area (Å²) >= 11 is 2.54. The Kier molecular flexibility index (Phi) is 5.92. The van der Waals surface area contributed by atoms with Gasteiger partial charge in [0.1, 0.15) is 4.83 Å². The highest BCUT2D eigenvalue weighted by Crippen LogP contribution is 2.29. The van der Waals surface area contributed by atoms with Crippen LogP contribution in [0, 0.1) is 6.92 Å². The Bertz CT molecular complexity index is 1040. The van der Waals surface area contributed by atoms with E-state index in [4.69, 9.17) is 5.73 Å². The quantitative estimate of drug-likeness (QED) is 0.319. The van der Waals surface area contributed by atoms with Crippen molar-refractivity contribution < 1.29 is 9.59 Å². The van der Waals surface area contributed by atoms with Crippen LogP contribution in [0.1, 0.15) is 28.1 Å². The molecule has 7 nitrogen and oxygen atoms in total. The molecule has 3 aromatic rings. The van der Waals surface area contributed by atoms with Gasteiger partial charge >= 0.3 is 0 Å². The van der Waals surface area contributed by atoms with Crippen LogP contribution in [-0.4, -0.2) is 27.5 Å². The average Bonchev–Trinajstić information content (AvgIpc) is 2.96. The number of thiophene rings is 1. The number of aromatic nitrogens is 2. The summed E-state index contributed by atoms with van der Waals surface area (Å²) in [5.74, 6) is -0.00414. The smallest absolute Gasteiger partial charge is 0.266 e. The lowest BCUT2D eigenvalue weighted by Gasteiger charge is -2.03. The molecule has 2 aromatic heterocycles. The van der Waals surface area contributed by atoms with Crippen LogP contribution in [0.4, 0.5) is 5.69 Å². The number of primary amides is 1. The fraction of sp³-hybridized carbons (Fsp3) is 0.222. The molecule has 0 aliphatic carbocycles. The van der Waals surface area contributed by atoms with E-state index in [9.17, 15) is 14.4 Å². The number of para-hydroxylation sites is 1. The number of carbonyl (C=O) groups is 2. The van der Waals surface area contributed by atoms with Crippen LogP contribution < -0.4 is 16.6 Å². The summed E-state index contributed by atoms with van der Waals surface area (Å²) in [6.45, 7) is 1.75. The zero-order valence-corrected chi connectivity index (χ0v) is 16.2. The second-order valence-corrected chi connectivity index (χ2v) is 7.93. The minimum atomic E-state index is -0.351. The number of nitrogens with zero attached hydrogens (tertiary/aromatic N) is 1. The van der Waals surface area contributed by atoms with Gasteiger partial charge in [0.05, 0.1) is 10.3 Å². The number of rotatable bonds is 7. The molecule has 3 rings (SSSR count). The van der Waals surface area contributed by atoms with Crippen molar-refractivity contribution in [3.8, 4) is 0 Å². The van der Waals surface area contributed by atoms with Crippen LogP contribution in [-0.2, 0) is 4.79 Å². The zero-order valence-electron chi connectivity index (χ0n) is 14.6. The minimum Gasteiger partial charge on any atom is -0.370 e. The summed E-state index contributed by atoms with van der Waals surface area (Å²) in [6, 6.07) is 9.13. The summed E-state index contributed by atoms with van der Waals surface area (Å²) in [4.78, 5) is 44.0. The Balaban J connectivity index is 1.83. The fourth-order valence-electron chi connectivity index (χ4n) is 2.53. The van der Waals surface area contributed by atoms with E-state index in [1.165, 1.54) is 23.1 Å². The molecule has 0 bridgehead atoms. The van der Waals surface area contributed by atoms with Crippen LogP contribution in [0.2, 0.25) is 0 Å². The molecule has 140 valence electrons. The van der Waals surface area contributed by atoms with E-state index in [-0.39, 0.29) is 17.4 Å². The van der Waals surface area contributed by atoms with Crippen molar-refractivity contribution in [2.75, 3.05) is 11.1 Å². The standard InChI is InChI=1S/C18H18N4O3S2/c1-10-13-15(24)21-18(26-9-5-8-12(19)23)22-17(13)27-14(10)16(25)20-11-6-3-2-4-7-11/h2-4,6-7H,5,8-9H2,1H3,(H2,19,23)(H,20,25)(H,21,22,24). The number of hydrogen-bond donors (Lipinski definition) is 3. The maximum atomic E-state index is 12.6. The third-order valence-corrected chi connectivity index (χ3v) is 5.97. The van der Waals surface area contributed by atoms with Gasteiger partial charge in [0, 0.05) is 17.9 Å². The first-order chi connectivity index (χ1) is 13.0. The Morgan fingerprint density at radius 3 is 2.74 bits per heavy atom. The molecule has 1 aromatic carbocycles. The molecular weight excluding hydrogens is 384 g/mol. The van der Waals surface area contributed by atoms with Crippen molar-refractivity contribution in [3.05, 3.63) is 51.1 Å². The summed E-state index contributed by atoms with van der Waals surface area (Å²) in [5.41, 5.74) is 6.14. The van der Waals surface area contributed by atoms with Gasteiger partial charge < -0.3 is 16.0 Å². The third-order valence-electron chi connectivity index (χ3n) is 3.82. The lowest BCUT2D eigenvalue weighted by molar-refractivity contribution is -0.118. The van der Waals surface area contributed by atoms with Crippen LogP contribution in [0.5, 0.6) is 0 Å². The van der Waals surface area contributed by atoms with Crippen molar-refractivity contribution in [2.24, 2.45) is 5.73 Å². The Morgan fingerprint density at radius 1 is 1.30 bits per heavy atom. The summed E-state index contributed by atoms with van der Waals surface area (Å²) in [6.07, 6.45) is 0.900. The van der Waals surface area contributed by atoms with Crippen molar-refractivity contribution in [3.63, 3.8) is 0 Å². The molecule has 27 heavy (non-hydrogen) atoms. The van der Waals surface area contributed by atoms with Crippen molar-refractivity contribution in [2.45, 2.75) is 24.9 Å². The van der Waals surface area contributed by atoms with E-state index in [1.54, 1.807) is 19.1 Å². The molecule has 2 amide bonds. The number of thioether (sulfide) groups is 1. The predicted molar refractivity (Wildman–Crippen MR) is 109 cm³/mol. The van der Waals surface area contributed by atoms with Gasteiger partial charge in [0.2, 0.25) is 5.91 Å². The molecule has 0 unspecified atom stereocenters. The van der Waals surface area contributed by atoms with E-state index in [0.29, 0.717) is 50.1 Å². The van der Waals surface area contributed by atoms with Crippen LogP contribution in [0.25, 0.3) is 10.2 Å². The number of benzene rings is 1. The molecule has 0 saturated heterocycles. The molecule has 2 heterocycles. The van der Waals surface area contributed by atoms with Crippen molar-refractivity contribution in [1.82, 2.24) is 9.97 Å². The molecule has 0 fully saturated rings. The van der Waals surface area contributed by atoms with E-state index in [0.717, 1.165) is 0 Å². The highest BCUT2D eigenvalue weighted by Gasteiger charge is 2.19. The SMILES string of the molecule is Cc1c(C(=O)Nc2ccccc2)sc2nc(SCCCC(N)=O)[nH]c(=O)c12. The van der Waals surface area contributed by atoms with E-state index in [2.05, 4.69) is 15.3 Å². The maximum absolute atomic E-state index is 12.6. The Morgan fingerprint density at radius 2 is 2.04 bits per heavy atom. The normalized spacial score (nSPS) is 10.9. The van der Waals surface area contributed by atoms with Crippen molar-refractivity contribution in [1.29, 1.82) is 0 Å². The number of aryl methyl sites for hydroxylation is 1. The molecule has 0 atom stereocenters. The van der Waals surface area contributed by atoms with Gasteiger partial charge in [-0.25, -0.2) is 4.98 Å². The second kappa shape index (κ2) is 8.36. The molecule has 9 heteroatoms. The number of aromatic amines is 1. The van der Waals surface area contributed by atoms with E-state index < -0.39 is 0 Å². The monoisotopic (exact) mass is 402 g/mol. The fourth-order valence-corrected chi connectivity index (χ4v) is 4.47. The zero-order chi connectivity index (χ0) is 19.4. The summed E-state index contributed by atoms with van der Waals surface area (Å²) < 4.78 is 0. The molecular formula is C18H18N4O3S2. The number of hydrogen-bond acceptors (Lipinski definition) is 6. The van der Waals surface area contributed by atoms with Gasteiger partial charge in [0.25, 0.3) is 11.5 Å². The van der Waals surface area contributed by atoms with Gasteiger partial charge in [-0.2, -0.15) is 0 Å². The second-order valence-electron chi connectivity index (χ2n) is 5.85. The minimum absolute atomic E-state index is 0.267. The lowest BCUT2D eigenvalue weighted by Crippen LogP contribution is -2.12. The lowest BCUT2D eigenvalue weighted by atomic mass is 10.2. The Labute approximate surface area is 163 Å². The van der Waals surface area contributed by atoms with Crippen LogP contribution in [0.15, 0.2) is 40.3 Å².